The van der Waals surface area contributed by atoms with Crippen molar-refractivity contribution in [2.45, 2.75) is 19.9 Å². The number of nitrogens with two attached hydrogens (primary N) is 1. The predicted octanol–water partition coefficient (Wildman–Crippen LogP) is 3.46. The van der Waals surface area contributed by atoms with Gasteiger partial charge < -0.3 is 20.7 Å². The zero-order valence-electron chi connectivity index (χ0n) is 13.7. The van der Waals surface area contributed by atoms with Crippen molar-refractivity contribution in [3.8, 4) is 5.75 Å². The first-order valence-corrected chi connectivity index (χ1v) is 8.19. The van der Waals surface area contributed by atoms with E-state index in [1.807, 2.05) is 43.0 Å². The number of hydrogen-bond acceptors (Lipinski definition) is 4. The SMILES string of the molecule is Cc1ccc(NC(=O)C(C)N2CCOc3cc(N)ccc32)cc1Cl. The summed E-state index contributed by atoms with van der Waals surface area (Å²) < 4.78 is 5.64. The van der Waals surface area contributed by atoms with E-state index in [2.05, 4.69) is 5.32 Å². The molecule has 0 fully saturated rings. The molecular weight excluding hydrogens is 326 g/mol. The number of nitrogens with zero attached hydrogens (tertiary/aromatic N) is 1. The third-order valence-electron chi connectivity index (χ3n) is 4.17. The first-order chi connectivity index (χ1) is 11.5. The first-order valence-electron chi connectivity index (χ1n) is 7.81. The number of nitrogens with one attached hydrogen (secondary N) is 1. The molecule has 1 unspecified atom stereocenters. The summed E-state index contributed by atoms with van der Waals surface area (Å²) in [6.07, 6.45) is 0. The number of benzene rings is 2. The zero-order chi connectivity index (χ0) is 17.3. The van der Waals surface area contributed by atoms with Crippen LogP contribution in [0.3, 0.4) is 0 Å². The van der Waals surface area contributed by atoms with E-state index < -0.39 is 0 Å². The van der Waals surface area contributed by atoms with Gasteiger partial charge in [0.1, 0.15) is 18.4 Å². The molecular formula is C18H20ClN3O2. The monoisotopic (exact) mass is 345 g/mol. The van der Waals surface area contributed by atoms with Crippen LogP contribution in [0, 0.1) is 6.92 Å². The lowest BCUT2D eigenvalue weighted by Gasteiger charge is -2.35. The molecule has 5 nitrogen and oxygen atoms in total. The number of fused-ring (bicyclic) bond motifs is 1. The molecule has 0 bridgehead atoms. The normalized spacial score (nSPS) is 14.5. The molecule has 24 heavy (non-hydrogen) atoms. The van der Waals surface area contributed by atoms with Crippen LogP contribution in [0.25, 0.3) is 0 Å². The van der Waals surface area contributed by atoms with Crippen LogP contribution in [0.15, 0.2) is 36.4 Å². The van der Waals surface area contributed by atoms with Gasteiger partial charge in [-0.3, -0.25) is 4.79 Å². The lowest BCUT2D eigenvalue weighted by Crippen LogP contribution is -2.46. The average Bonchev–Trinajstić information content (AvgIpc) is 2.56. The summed E-state index contributed by atoms with van der Waals surface area (Å²) in [5.74, 6) is 0.610. The van der Waals surface area contributed by atoms with Crippen molar-refractivity contribution in [1.29, 1.82) is 0 Å². The van der Waals surface area contributed by atoms with E-state index in [4.69, 9.17) is 22.1 Å². The van der Waals surface area contributed by atoms with Crippen LogP contribution < -0.4 is 20.7 Å². The second-order valence-electron chi connectivity index (χ2n) is 5.90. The molecule has 0 saturated heterocycles. The number of carbonyl (C=O) groups excluding carboxylic acids is 1. The Morgan fingerprint density at radius 3 is 2.88 bits per heavy atom. The van der Waals surface area contributed by atoms with Crippen molar-refractivity contribution in [3.63, 3.8) is 0 Å². The highest BCUT2D eigenvalue weighted by molar-refractivity contribution is 6.31. The van der Waals surface area contributed by atoms with Gasteiger partial charge in [-0.05, 0) is 43.7 Å². The topological polar surface area (TPSA) is 67.6 Å². The summed E-state index contributed by atoms with van der Waals surface area (Å²) in [7, 11) is 0. The number of nitrogen functional groups attached to an aromatic ring is 1. The Kier molecular flexibility index (Phi) is 4.53. The van der Waals surface area contributed by atoms with Gasteiger partial charge in [0.15, 0.2) is 0 Å². The van der Waals surface area contributed by atoms with Crippen LogP contribution >= 0.6 is 11.6 Å². The Labute approximate surface area is 146 Å². The summed E-state index contributed by atoms with van der Waals surface area (Å²) in [5, 5.41) is 3.55. The minimum atomic E-state index is -0.351. The summed E-state index contributed by atoms with van der Waals surface area (Å²) in [6, 6.07) is 10.6. The molecule has 0 aliphatic carbocycles. The van der Waals surface area contributed by atoms with Gasteiger partial charge in [-0.1, -0.05) is 17.7 Å². The first kappa shape index (κ1) is 16.5. The van der Waals surface area contributed by atoms with Gasteiger partial charge in [0.25, 0.3) is 0 Å². The molecule has 3 rings (SSSR count). The van der Waals surface area contributed by atoms with Crippen LogP contribution in [-0.4, -0.2) is 25.1 Å². The van der Waals surface area contributed by atoms with E-state index in [0.29, 0.717) is 35.3 Å². The maximum absolute atomic E-state index is 12.6. The number of halogens is 1. The second kappa shape index (κ2) is 6.61. The summed E-state index contributed by atoms with van der Waals surface area (Å²) >= 11 is 6.12. The predicted molar refractivity (Wildman–Crippen MR) is 98.0 cm³/mol. The number of ether oxygens (including phenoxy) is 1. The van der Waals surface area contributed by atoms with E-state index in [1.165, 1.54) is 0 Å². The van der Waals surface area contributed by atoms with Gasteiger partial charge in [0.05, 0.1) is 12.2 Å². The van der Waals surface area contributed by atoms with Crippen molar-refractivity contribution < 1.29 is 9.53 Å². The highest BCUT2D eigenvalue weighted by Gasteiger charge is 2.27. The van der Waals surface area contributed by atoms with Gasteiger partial charge in [-0.15, -0.1) is 0 Å². The minimum absolute atomic E-state index is 0.0976. The molecule has 1 aliphatic heterocycles. The van der Waals surface area contributed by atoms with Crippen molar-refractivity contribution in [2.24, 2.45) is 0 Å². The maximum Gasteiger partial charge on any atom is 0.246 e. The summed E-state index contributed by atoms with van der Waals surface area (Å²) in [6.45, 7) is 4.95. The number of hydrogen-bond donors (Lipinski definition) is 2. The summed E-state index contributed by atoms with van der Waals surface area (Å²) in [5.41, 5.74) is 8.98. The Hall–Kier alpha value is -2.40. The number of amides is 1. The molecule has 0 spiro atoms. The molecule has 2 aromatic rings. The van der Waals surface area contributed by atoms with Gasteiger partial charge in [0.2, 0.25) is 5.91 Å². The van der Waals surface area contributed by atoms with Crippen LogP contribution in [0.4, 0.5) is 17.1 Å². The van der Waals surface area contributed by atoms with E-state index in [1.54, 1.807) is 12.1 Å². The Morgan fingerprint density at radius 1 is 1.33 bits per heavy atom. The van der Waals surface area contributed by atoms with Crippen molar-refractivity contribution in [2.75, 3.05) is 29.1 Å². The smallest absolute Gasteiger partial charge is 0.246 e. The van der Waals surface area contributed by atoms with Gasteiger partial charge in [-0.25, -0.2) is 0 Å². The number of anilines is 3. The van der Waals surface area contributed by atoms with E-state index in [0.717, 1.165) is 11.3 Å². The summed E-state index contributed by atoms with van der Waals surface area (Å²) in [4.78, 5) is 14.6. The fraction of sp³-hybridized carbons (Fsp3) is 0.278. The van der Waals surface area contributed by atoms with Gasteiger partial charge in [0, 0.05) is 22.5 Å². The number of rotatable bonds is 3. The number of aryl methyl sites for hydroxylation is 1. The minimum Gasteiger partial charge on any atom is -0.489 e. The van der Waals surface area contributed by atoms with Gasteiger partial charge in [-0.2, -0.15) is 0 Å². The molecule has 2 aromatic carbocycles. The van der Waals surface area contributed by atoms with Gasteiger partial charge >= 0.3 is 0 Å². The molecule has 6 heteroatoms. The number of carbonyl (C=O) groups is 1. The van der Waals surface area contributed by atoms with Crippen molar-refractivity contribution in [1.82, 2.24) is 0 Å². The fourth-order valence-electron chi connectivity index (χ4n) is 2.72. The van der Waals surface area contributed by atoms with Crippen LogP contribution in [0.2, 0.25) is 5.02 Å². The largest absolute Gasteiger partial charge is 0.489 e. The quantitative estimate of drug-likeness (QED) is 0.836. The molecule has 1 atom stereocenters. The molecule has 0 aromatic heterocycles. The Morgan fingerprint density at radius 2 is 2.12 bits per heavy atom. The maximum atomic E-state index is 12.6. The fourth-order valence-corrected chi connectivity index (χ4v) is 2.90. The third-order valence-corrected chi connectivity index (χ3v) is 4.58. The van der Waals surface area contributed by atoms with Crippen LogP contribution in [0.1, 0.15) is 12.5 Å². The average molecular weight is 346 g/mol. The standard InChI is InChI=1S/C18H20ClN3O2/c1-11-3-5-14(10-15(11)19)21-18(23)12(2)22-7-8-24-17-9-13(20)4-6-16(17)22/h3-6,9-10,12H,7-8,20H2,1-2H3,(H,21,23). The molecule has 1 heterocycles. The lowest BCUT2D eigenvalue weighted by molar-refractivity contribution is -0.117. The second-order valence-corrected chi connectivity index (χ2v) is 6.31. The highest BCUT2D eigenvalue weighted by atomic mass is 35.5. The molecule has 1 amide bonds. The third kappa shape index (κ3) is 3.26. The molecule has 0 saturated carbocycles. The molecule has 126 valence electrons. The van der Waals surface area contributed by atoms with E-state index in [9.17, 15) is 4.79 Å². The van der Waals surface area contributed by atoms with E-state index in [-0.39, 0.29) is 11.9 Å². The van der Waals surface area contributed by atoms with Crippen LogP contribution in [0.5, 0.6) is 5.75 Å². The molecule has 1 aliphatic rings. The van der Waals surface area contributed by atoms with Crippen molar-refractivity contribution in [3.05, 3.63) is 47.0 Å². The van der Waals surface area contributed by atoms with Crippen LogP contribution in [-0.2, 0) is 4.79 Å². The Bertz CT molecular complexity index is 779. The zero-order valence-corrected chi connectivity index (χ0v) is 14.4. The lowest BCUT2D eigenvalue weighted by atomic mass is 10.1. The molecule has 3 N–H and O–H groups in total. The molecule has 0 radical (unpaired) electrons. The van der Waals surface area contributed by atoms with Crippen molar-refractivity contribution >= 4 is 34.6 Å². The Balaban J connectivity index is 1.78. The van der Waals surface area contributed by atoms with E-state index >= 15 is 0 Å². The highest BCUT2D eigenvalue weighted by Crippen LogP contribution is 2.34.